The summed E-state index contributed by atoms with van der Waals surface area (Å²) in [5, 5.41) is 9.97. The lowest BCUT2D eigenvalue weighted by atomic mass is 10.1. The van der Waals surface area contributed by atoms with Crippen LogP contribution in [0.3, 0.4) is 0 Å². The van der Waals surface area contributed by atoms with Crippen LogP contribution in [0.1, 0.15) is 10.4 Å². The van der Waals surface area contributed by atoms with E-state index in [4.69, 9.17) is 9.84 Å². The van der Waals surface area contributed by atoms with E-state index in [1.807, 2.05) is 29.2 Å². The number of rotatable bonds is 3. The molecule has 2 aliphatic heterocycles. The number of aliphatic carboxylic acids is 1. The molecular formula is C20H23N3O5. The Morgan fingerprint density at radius 1 is 1.18 bits per heavy atom. The van der Waals surface area contributed by atoms with Gasteiger partial charge in [-0.3, -0.25) is 19.3 Å². The van der Waals surface area contributed by atoms with Gasteiger partial charge in [0.05, 0.1) is 31.3 Å². The van der Waals surface area contributed by atoms with Crippen LogP contribution in [0.2, 0.25) is 0 Å². The minimum atomic E-state index is -0.887. The summed E-state index contributed by atoms with van der Waals surface area (Å²) in [5.74, 6) is -1.19. The minimum absolute atomic E-state index is 0.0140. The third kappa shape index (κ3) is 3.41. The zero-order valence-corrected chi connectivity index (χ0v) is 15.7. The lowest BCUT2D eigenvalue weighted by Gasteiger charge is -2.30. The predicted octanol–water partition coefficient (Wildman–Crippen LogP) is 0.396. The second-order valence-corrected chi connectivity index (χ2v) is 7.58. The van der Waals surface area contributed by atoms with E-state index in [0.717, 1.165) is 10.9 Å². The van der Waals surface area contributed by atoms with E-state index >= 15 is 0 Å². The quantitative estimate of drug-likeness (QED) is 0.822. The average molecular weight is 385 g/mol. The van der Waals surface area contributed by atoms with Crippen molar-refractivity contribution in [1.29, 1.82) is 0 Å². The zero-order valence-electron chi connectivity index (χ0n) is 15.7. The van der Waals surface area contributed by atoms with E-state index < -0.39 is 5.97 Å². The summed E-state index contributed by atoms with van der Waals surface area (Å²) in [6, 6.07) is 8.83. The summed E-state index contributed by atoms with van der Waals surface area (Å²) in [6.45, 7) is 2.19. The van der Waals surface area contributed by atoms with Gasteiger partial charge in [-0.2, -0.15) is 0 Å². The number of fused-ring (bicyclic) bond motifs is 4. The molecule has 0 radical (unpaired) electrons. The Labute approximate surface area is 161 Å². The molecule has 0 spiro atoms. The lowest BCUT2D eigenvalue weighted by molar-refractivity contribution is -0.138. The van der Waals surface area contributed by atoms with Crippen LogP contribution in [0, 0.1) is 5.92 Å². The largest absolute Gasteiger partial charge is 0.480 e. The molecule has 0 unspecified atom stereocenters. The fourth-order valence-electron chi connectivity index (χ4n) is 4.24. The molecule has 1 aromatic carbocycles. The number of aromatic nitrogens is 1. The SMILES string of the molecule is Cn1c(=O)c(C(=O)N2C[C@H]3COC[C@@H]2CN(CC(=O)O)C3)cc2ccccc21. The Morgan fingerprint density at radius 3 is 2.75 bits per heavy atom. The van der Waals surface area contributed by atoms with Gasteiger partial charge in [0, 0.05) is 32.6 Å². The number of carboxylic acids is 1. The second kappa shape index (κ2) is 7.37. The fraction of sp³-hybridized carbons (Fsp3) is 0.450. The van der Waals surface area contributed by atoms with E-state index in [2.05, 4.69) is 0 Å². The first-order valence-corrected chi connectivity index (χ1v) is 9.35. The number of carboxylic acid groups (broad SMARTS) is 1. The summed E-state index contributed by atoms with van der Waals surface area (Å²) in [5.41, 5.74) is 0.582. The third-order valence-electron chi connectivity index (χ3n) is 5.53. The highest BCUT2D eigenvalue weighted by atomic mass is 16.5. The van der Waals surface area contributed by atoms with Gasteiger partial charge in [-0.1, -0.05) is 18.2 Å². The van der Waals surface area contributed by atoms with Crippen molar-refractivity contribution >= 4 is 22.8 Å². The van der Waals surface area contributed by atoms with E-state index in [9.17, 15) is 14.4 Å². The van der Waals surface area contributed by atoms with Gasteiger partial charge in [0.25, 0.3) is 11.5 Å². The first-order valence-electron chi connectivity index (χ1n) is 9.35. The van der Waals surface area contributed by atoms with E-state index in [1.54, 1.807) is 18.0 Å². The molecule has 2 atom stereocenters. The highest BCUT2D eigenvalue weighted by molar-refractivity contribution is 5.97. The molecule has 8 heteroatoms. The van der Waals surface area contributed by atoms with Crippen LogP contribution < -0.4 is 5.56 Å². The van der Waals surface area contributed by atoms with Crippen LogP contribution in [-0.2, 0) is 16.6 Å². The van der Waals surface area contributed by atoms with Gasteiger partial charge in [0.1, 0.15) is 5.56 Å². The number of carbonyl (C=O) groups excluding carboxylic acids is 1. The molecular weight excluding hydrogens is 362 g/mol. The lowest BCUT2D eigenvalue weighted by Crippen LogP contribution is -2.48. The third-order valence-corrected chi connectivity index (χ3v) is 5.53. The number of hydrogen-bond donors (Lipinski definition) is 1. The maximum Gasteiger partial charge on any atom is 0.317 e. The zero-order chi connectivity index (χ0) is 19.8. The number of hydrogen-bond acceptors (Lipinski definition) is 5. The van der Waals surface area contributed by atoms with Gasteiger partial charge in [-0.15, -0.1) is 0 Å². The maximum absolute atomic E-state index is 13.4. The highest BCUT2D eigenvalue weighted by Crippen LogP contribution is 2.22. The van der Waals surface area contributed by atoms with Crippen molar-refractivity contribution in [1.82, 2.24) is 14.4 Å². The molecule has 8 nitrogen and oxygen atoms in total. The Kier molecular flexibility index (Phi) is 4.91. The topological polar surface area (TPSA) is 92.1 Å². The molecule has 2 saturated heterocycles. The van der Waals surface area contributed by atoms with Crippen molar-refractivity contribution < 1.29 is 19.4 Å². The van der Waals surface area contributed by atoms with Gasteiger partial charge < -0.3 is 19.3 Å². The van der Waals surface area contributed by atoms with Crippen LogP contribution in [0.25, 0.3) is 10.9 Å². The van der Waals surface area contributed by atoms with Crippen molar-refractivity contribution in [2.75, 3.05) is 39.4 Å². The van der Waals surface area contributed by atoms with Crippen molar-refractivity contribution in [2.24, 2.45) is 13.0 Å². The number of carbonyl (C=O) groups is 2. The molecule has 1 amide bonds. The van der Waals surface area contributed by atoms with Crippen LogP contribution in [0.15, 0.2) is 35.1 Å². The van der Waals surface area contributed by atoms with Crippen LogP contribution >= 0.6 is 0 Å². The van der Waals surface area contributed by atoms with Gasteiger partial charge in [0.15, 0.2) is 0 Å². The monoisotopic (exact) mass is 385 g/mol. The summed E-state index contributed by atoms with van der Waals surface area (Å²) < 4.78 is 7.20. The summed E-state index contributed by atoms with van der Waals surface area (Å²) in [7, 11) is 1.67. The van der Waals surface area contributed by atoms with E-state index in [0.29, 0.717) is 32.8 Å². The molecule has 1 N–H and O–H groups in total. The molecule has 0 saturated carbocycles. The van der Waals surface area contributed by atoms with Crippen LogP contribution in [0.5, 0.6) is 0 Å². The molecule has 4 rings (SSSR count). The Balaban J connectivity index is 1.70. The molecule has 2 fully saturated rings. The molecule has 0 aliphatic carbocycles. The number of para-hydroxylation sites is 1. The predicted molar refractivity (Wildman–Crippen MR) is 102 cm³/mol. The average Bonchev–Trinajstić information content (AvgIpc) is 2.94. The first kappa shape index (κ1) is 18.6. The van der Waals surface area contributed by atoms with Crippen molar-refractivity contribution in [2.45, 2.75) is 6.04 Å². The van der Waals surface area contributed by atoms with Gasteiger partial charge in [-0.25, -0.2) is 0 Å². The van der Waals surface area contributed by atoms with E-state index in [1.165, 1.54) is 4.57 Å². The molecule has 148 valence electrons. The first-order chi connectivity index (χ1) is 13.4. The number of ether oxygens (including phenoxy) is 1. The minimum Gasteiger partial charge on any atom is -0.480 e. The molecule has 2 aliphatic rings. The van der Waals surface area contributed by atoms with Gasteiger partial charge in [0.2, 0.25) is 0 Å². The van der Waals surface area contributed by atoms with Crippen molar-refractivity contribution in [3.8, 4) is 0 Å². The van der Waals surface area contributed by atoms with Gasteiger partial charge >= 0.3 is 5.97 Å². The number of benzene rings is 1. The standard InChI is InChI=1S/C20H23N3O5/c1-21-17-5-3-2-4-14(17)6-16(19(21)26)20(27)23-8-13-7-22(10-18(24)25)9-15(23)12-28-11-13/h2-6,13,15H,7-12H2,1H3,(H,24,25)/t13-,15-/m0/s1. The number of aryl methyl sites for hydroxylation is 1. The molecule has 28 heavy (non-hydrogen) atoms. The number of pyridine rings is 1. The number of amides is 1. The Bertz CT molecular complexity index is 985. The Morgan fingerprint density at radius 2 is 1.96 bits per heavy atom. The van der Waals surface area contributed by atoms with E-state index in [-0.39, 0.29) is 35.5 Å². The Hall–Kier alpha value is -2.71. The van der Waals surface area contributed by atoms with Crippen LogP contribution in [0.4, 0.5) is 0 Å². The summed E-state index contributed by atoms with van der Waals surface area (Å²) >= 11 is 0. The molecule has 3 heterocycles. The van der Waals surface area contributed by atoms with Gasteiger partial charge in [-0.05, 0) is 17.5 Å². The van der Waals surface area contributed by atoms with Crippen molar-refractivity contribution in [3.63, 3.8) is 0 Å². The number of nitrogens with zero attached hydrogens (tertiary/aromatic N) is 3. The van der Waals surface area contributed by atoms with Crippen molar-refractivity contribution in [3.05, 3.63) is 46.2 Å². The smallest absolute Gasteiger partial charge is 0.317 e. The molecule has 2 bridgehead atoms. The molecule has 2 aromatic rings. The maximum atomic E-state index is 13.4. The van der Waals surface area contributed by atoms with Crippen LogP contribution in [-0.4, -0.2) is 76.8 Å². The highest BCUT2D eigenvalue weighted by Gasteiger charge is 2.37. The summed E-state index contributed by atoms with van der Waals surface area (Å²) in [4.78, 5) is 40.9. The second-order valence-electron chi connectivity index (χ2n) is 7.58. The normalized spacial score (nSPS) is 22.8. The summed E-state index contributed by atoms with van der Waals surface area (Å²) in [6.07, 6.45) is 0. The molecule has 1 aromatic heterocycles. The fourth-order valence-corrected chi connectivity index (χ4v) is 4.24.